The number of hydrogen-bond acceptors (Lipinski definition) is 1. The van der Waals surface area contributed by atoms with E-state index in [-0.39, 0.29) is 22.2 Å². The highest BCUT2D eigenvalue weighted by Gasteiger charge is 2.42. The Labute approximate surface area is 236 Å². The molecule has 0 aromatic heterocycles. The first-order chi connectivity index (χ1) is 19.5. The smallest absolute Gasteiger partial charge is 0.135 e. The maximum absolute atomic E-state index is 15.6. The van der Waals surface area contributed by atoms with Crippen LogP contribution in [0.25, 0.3) is 0 Å². The van der Waals surface area contributed by atoms with E-state index in [0.29, 0.717) is 6.54 Å². The molecule has 7 heteroatoms. The third kappa shape index (κ3) is 6.18. The van der Waals surface area contributed by atoms with Gasteiger partial charge in [-0.05, 0) is 74.8 Å². The van der Waals surface area contributed by atoms with Crippen molar-refractivity contribution < 1.29 is 17.6 Å². The standard InChI is InChI=1S/C33H33F4NP2/c1-2-3-22-38(40(32-27(34)16-10-17-28(32)35)33-29(36)18-11-19-30(33)37)39-23-26(24-12-6-4-7-13-24)20-21-31(39)25-14-8-5-9-15-25/h4-19,26,31H,2-3,20-23H2,1H3/t26-,31+,39?/m1/s1. The highest BCUT2D eigenvalue weighted by Crippen LogP contribution is 2.68. The normalized spacial score (nSPS) is 19.3. The summed E-state index contributed by atoms with van der Waals surface area (Å²) in [5.74, 6) is -2.81. The number of rotatable bonds is 9. The fraction of sp³-hybridized carbons (Fsp3) is 0.273. The van der Waals surface area contributed by atoms with Gasteiger partial charge in [-0.25, -0.2) is 17.6 Å². The minimum atomic E-state index is -2.17. The zero-order valence-corrected chi connectivity index (χ0v) is 24.3. The van der Waals surface area contributed by atoms with Crippen LogP contribution < -0.4 is 10.6 Å². The maximum atomic E-state index is 15.6. The fourth-order valence-electron chi connectivity index (χ4n) is 5.59. The van der Waals surface area contributed by atoms with Gasteiger partial charge in [-0.15, -0.1) is 0 Å². The van der Waals surface area contributed by atoms with Crippen LogP contribution in [0.3, 0.4) is 0 Å². The molecule has 208 valence electrons. The van der Waals surface area contributed by atoms with Crippen molar-refractivity contribution in [2.45, 2.75) is 44.2 Å². The van der Waals surface area contributed by atoms with Gasteiger partial charge in [-0.3, -0.25) is 4.44 Å². The van der Waals surface area contributed by atoms with Gasteiger partial charge < -0.3 is 0 Å². The van der Waals surface area contributed by atoms with Crippen LogP contribution in [-0.4, -0.2) is 17.1 Å². The molecule has 0 radical (unpaired) electrons. The zero-order valence-electron chi connectivity index (χ0n) is 22.5. The summed E-state index contributed by atoms with van der Waals surface area (Å²) in [6.45, 7) is 2.56. The number of nitrogens with zero attached hydrogens (tertiary/aromatic N) is 1. The van der Waals surface area contributed by atoms with Gasteiger partial charge >= 0.3 is 0 Å². The topological polar surface area (TPSA) is 3.24 Å². The molecule has 0 bridgehead atoms. The highest BCUT2D eigenvalue weighted by atomic mass is 31.2. The van der Waals surface area contributed by atoms with Gasteiger partial charge in [0.1, 0.15) is 23.3 Å². The molecule has 3 atom stereocenters. The molecule has 0 saturated carbocycles. The first-order valence-electron chi connectivity index (χ1n) is 13.8. The molecule has 0 aliphatic carbocycles. The summed E-state index contributed by atoms with van der Waals surface area (Å²) in [7, 11) is -3.27. The second-order valence-corrected chi connectivity index (χ2v) is 14.8. The molecule has 5 rings (SSSR count). The molecule has 1 aliphatic rings. The molecular weight excluding hydrogens is 548 g/mol. The molecular formula is C33H33F4NP2. The van der Waals surface area contributed by atoms with E-state index in [1.807, 2.05) is 36.4 Å². The highest BCUT2D eigenvalue weighted by molar-refractivity contribution is 7.79. The summed E-state index contributed by atoms with van der Waals surface area (Å²) in [6.07, 6.45) is 4.25. The van der Waals surface area contributed by atoms with Crippen LogP contribution in [0.4, 0.5) is 17.6 Å². The lowest BCUT2D eigenvalue weighted by molar-refractivity contribution is 0.553. The molecule has 4 aromatic carbocycles. The minimum Gasteiger partial charge on any atom is -0.252 e. The first kappa shape index (κ1) is 28.9. The van der Waals surface area contributed by atoms with Crippen LogP contribution in [0.5, 0.6) is 0 Å². The molecule has 4 aromatic rings. The van der Waals surface area contributed by atoms with E-state index in [1.54, 1.807) is 0 Å². The summed E-state index contributed by atoms with van der Waals surface area (Å²) in [6, 6.07) is 27.9. The van der Waals surface area contributed by atoms with Crippen LogP contribution in [-0.2, 0) is 0 Å². The van der Waals surface area contributed by atoms with E-state index in [2.05, 4.69) is 35.6 Å². The Morgan fingerprint density at radius 2 is 1.18 bits per heavy atom. The van der Waals surface area contributed by atoms with Crippen molar-refractivity contribution in [1.82, 2.24) is 4.44 Å². The van der Waals surface area contributed by atoms with Crippen molar-refractivity contribution in [3.05, 3.63) is 131 Å². The molecule has 0 spiro atoms. The lowest BCUT2D eigenvalue weighted by Crippen LogP contribution is -2.35. The summed E-state index contributed by atoms with van der Waals surface area (Å²) in [5.41, 5.74) is 2.51. The Bertz CT molecular complexity index is 1310. The van der Waals surface area contributed by atoms with Crippen LogP contribution in [0, 0.1) is 23.3 Å². The molecule has 0 N–H and O–H groups in total. The molecule has 1 fully saturated rings. The lowest BCUT2D eigenvalue weighted by Gasteiger charge is -2.46. The molecule has 1 aliphatic heterocycles. The average molecular weight is 582 g/mol. The van der Waals surface area contributed by atoms with Gasteiger partial charge in [-0.2, -0.15) is 0 Å². The molecule has 1 saturated heterocycles. The van der Waals surface area contributed by atoms with Crippen molar-refractivity contribution in [2.75, 3.05) is 12.7 Å². The molecule has 1 heterocycles. The first-order valence-corrected chi connectivity index (χ1v) is 16.7. The van der Waals surface area contributed by atoms with Crippen LogP contribution in [0.15, 0.2) is 97.1 Å². The summed E-state index contributed by atoms with van der Waals surface area (Å²) >= 11 is 0. The Balaban J connectivity index is 1.70. The fourth-order valence-corrected chi connectivity index (χ4v) is 12.7. The second-order valence-electron chi connectivity index (χ2n) is 10.1. The maximum Gasteiger partial charge on any atom is 0.135 e. The van der Waals surface area contributed by atoms with E-state index >= 15 is 17.6 Å². The average Bonchev–Trinajstić information content (AvgIpc) is 2.97. The molecule has 40 heavy (non-hydrogen) atoms. The largest absolute Gasteiger partial charge is 0.252 e. The predicted molar refractivity (Wildman–Crippen MR) is 160 cm³/mol. The summed E-state index contributed by atoms with van der Waals surface area (Å²) in [5, 5.41) is -0.456. The lowest BCUT2D eigenvalue weighted by atomic mass is 9.93. The van der Waals surface area contributed by atoms with Crippen molar-refractivity contribution >= 4 is 26.8 Å². The van der Waals surface area contributed by atoms with Crippen LogP contribution in [0.2, 0.25) is 0 Å². The van der Waals surface area contributed by atoms with E-state index in [0.717, 1.165) is 31.8 Å². The zero-order chi connectivity index (χ0) is 28.1. The van der Waals surface area contributed by atoms with E-state index in [1.165, 1.54) is 47.5 Å². The molecule has 0 amide bonds. The monoisotopic (exact) mass is 581 g/mol. The van der Waals surface area contributed by atoms with Gasteiger partial charge in [0.25, 0.3) is 0 Å². The van der Waals surface area contributed by atoms with Crippen molar-refractivity contribution in [1.29, 1.82) is 0 Å². The number of benzene rings is 4. The Morgan fingerprint density at radius 3 is 1.68 bits per heavy atom. The van der Waals surface area contributed by atoms with Crippen molar-refractivity contribution in [3.8, 4) is 0 Å². The van der Waals surface area contributed by atoms with Gasteiger partial charge in [0, 0.05) is 20.3 Å². The minimum absolute atomic E-state index is 0.114. The third-order valence-corrected chi connectivity index (χ3v) is 14.0. The van der Waals surface area contributed by atoms with Crippen LogP contribution in [0.1, 0.15) is 55.3 Å². The Hall–Kier alpha value is -2.58. The van der Waals surface area contributed by atoms with Gasteiger partial charge in [-0.1, -0.05) is 86.1 Å². The van der Waals surface area contributed by atoms with E-state index < -0.39 is 39.4 Å². The quantitative estimate of drug-likeness (QED) is 0.141. The summed E-state index contributed by atoms with van der Waals surface area (Å²) < 4.78 is 64.4. The van der Waals surface area contributed by atoms with Crippen molar-refractivity contribution in [2.24, 2.45) is 0 Å². The van der Waals surface area contributed by atoms with Gasteiger partial charge in [0.2, 0.25) is 0 Å². The van der Waals surface area contributed by atoms with Crippen LogP contribution >= 0.6 is 16.1 Å². The second kappa shape index (κ2) is 13.4. The predicted octanol–water partition coefficient (Wildman–Crippen LogP) is 9.41. The Morgan fingerprint density at radius 1 is 0.675 bits per heavy atom. The molecule has 1 nitrogen and oxygen atoms in total. The summed E-state index contributed by atoms with van der Waals surface area (Å²) in [4.78, 5) is 0. The van der Waals surface area contributed by atoms with Crippen molar-refractivity contribution in [3.63, 3.8) is 0 Å². The number of halogens is 4. The number of hydrogen-bond donors (Lipinski definition) is 0. The Kier molecular flexibility index (Phi) is 9.68. The van der Waals surface area contributed by atoms with E-state index in [4.69, 9.17) is 0 Å². The van der Waals surface area contributed by atoms with E-state index in [9.17, 15) is 0 Å². The van der Waals surface area contributed by atoms with Gasteiger partial charge in [0.05, 0.1) is 10.6 Å². The van der Waals surface area contributed by atoms with Gasteiger partial charge in [0.15, 0.2) is 0 Å². The SMILES string of the molecule is CCCCN(P(c1c(F)cccc1F)c1c(F)cccc1F)P1C[C@H](c2ccccc2)CC[C@H]1c1ccccc1. The number of unbranched alkanes of at least 4 members (excludes halogenated alkanes) is 1. The molecule has 1 unspecified atom stereocenters. The third-order valence-electron chi connectivity index (χ3n) is 7.55.